The number of nitrogens with two attached hydrogens (primary N) is 1. The van der Waals surface area contributed by atoms with Crippen LogP contribution in [0.5, 0.6) is 0 Å². The normalized spacial score (nSPS) is 23.9. The molecule has 21 heavy (non-hydrogen) atoms. The van der Waals surface area contributed by atoms with E-state index in [2.05, 4.69) is 5.32 Å². The Morgan fingerprint density at radius 3 is 2.38 bits per heavy atom. The van der Waals surface area contributed by atoms with Gasteiger partial charge in [-0.25, -0.2) is 4.90 Å². The van der Waals surface area contributed by atoms with Gasteiger partial charge in [-0.3, -0.25) is 9.59 Å². The van der Waals surface area contributed by atoms with E-state index < -0.39 is 0 Å². The van der Waals surface area contributed by atoms with Crippen LogP contribution < -0.4 is 10.2 Å². The predicted molar refractivity (Wildman–Crippen MR) is 80.9 cm³/mol. The second-order valence-electron chi connectivity index (χ2n) is 6.30. The van der Waals surface area contributed by atoms with Crippen LogP contribution >= 0.6 is 0 Å². The second-order valence-corrected chi connectivity index (χ2v) is 6.30. The highest BCUT2D eigenvalue weighted by atomic mass is 16.2. The summed E-state index contributed by atoms with van der Waals surface area (Å²) in [4.78, 5) is 26.1. The lowest BCUT2D eigenvalue weighted by atomic mass is 9.95. The van der Waals surface area contributed by atoms with Crippen molar-refractivity contribution < 1.29 is 14.9 Å². The van der Waals surface area contributed by atoms with Gasteiger partial charge in [0.1, 0.15) is 0 Å². The van der Waals surface area contributed by atoms with Crippen molar-refractivity contribution in [1.29, 1.82) is 0 Å². The fourth-order valence-electron chi connectivity index (χ4n) is 3.43. The van der Waals surface area contributed by atoms with Gasteiger partial charge in [0.05, 0.1) is 18.2 Å². The van der Waals surface area contributed by atoms with Crippen LogP contribution in [0.3, 0.4) is 0 Å². The molecule has 2 fully saturated rings. The van der Waals surface area contributed by atoms with Crippen molar-refractivity contribution in [2.24, 2.45) is 0 Å². The van der Waals surface area contributed by atoms with Gasteiger partial charge in [0.2, 0.25) is 5.91 Å². The third-order valence-corrected chi connectivity index (χ3v) is 4.63. The van der Waals surface area contributed by atoms with Gasteiger partial charge in [-0.15, -0.1) is 0 Å². The molecule has 1 aromatic rings. The molecule has 112 valence electrons. The molecule has 1 aliphatic heterocycles. The molecule has 0 aromatic heterocycles. The molecule has 2 aliphatic rings. The fraction of sp³-hybridized carbons (Fsp3) is 0.529. The number of rotatable bonds is 3. The summed E-state index contributed by atoms with van der Waals surface area (Å²) in [6.07, 6.45) is 6.47. The summed E-state index contributed by atoms with van der Waals surface area (Å²) in [6.45, 7) is 2.00. The molecule has 4 heteroatoms. The zero-order chi connectivity index (χ0) is 14.8. The van der Waals surface area contributed by atoms with Crippen molar-refractivity contribution >= 4 is 17.5 Å². The Labute approximate surface area is 125 Å². The minimum absolute atomic E-state index is 0.0468. The van der Waals surface area contributed by atoms with Gasteiger partial charge < -0.3 is 5.32 Å². The van der Waals surface area contributed by atoms with Crippen LogP contribution in [-0.4, -0.2) is 23.9 Å². The van der Waals surface area contributed by atoms with Crippen LogP contribution in [0.4, 0.5) is 5.69 Å². The first-order valence-electron chi connectivity index (χ1n) is 7.93. The Balaban J connectivity index is 1.71. The molecule has 1 saturated heterocycles. The Hall–Kier alpha value is -1.68. The molecule has 1 aliphatic carbocycles. The first-order valence-corrected chi connectivity index (χ1v) is 7.93. The number of quaternary nitrogens is 1. The van der Waals surface area contributed by atoms with Crippen LogP contribution in [-0.2, 0) is 9.59 Å². The van der Waals surface area contributed by atoms with Gasteiger partial charge in [0, 0.05) is 0 Å². The average molecular weight is 287 g/mol. The zero-order valence-corrected chi connectivity index (χ0v) is 12.5. The maximum atomic E-state index is 12.5. The van der Waals surface area contributed by atoms with Gasteiger partial charge >= 0.3 is 0 Å². The topological polar surface area (TPSA) is 54.0 Å². The van der Waals surface area contributed by atoms with Gasteiger partial charge in [-0.1, -0.05) is 24.1 Å². The molecule has 2 N–H and O–H groups in total. The Bertz CT molecular complexity index is 532. The largest absolute Gasteiger partial charge is 0.333 e. The standard InChI is InChI=1S/C17H22N2O2/c1-12-7-9-14(10-8-12)19-16(20)11-15(17(19)21)18-13-5-3-2-4-6-13/h7-10,13,15,18H,2-6,11H2,1H3/p+1. The Morgan fingerprint density at radius 2 is 1.71 bits per heavy atom. The molecule has 0 radical (unpaired) electrons. The number of imide groups is 1. The third-order valence-electron chi connectivity index (χ3n) is 4.63. The smallest absolute Gasteiger partial charge is 0.292 e. The van der Waals surface area contributed by atoms with E-state index in [1.165, 1.54) is 37.0 Å². The maximum absolute atomic E-state index is 12.5. The summed E-state index contributed by atoms with van der Waals surface area (Å²) in [5.41, 5.74) is 1.83. The van der Waals surface area contributed by atoms with Gasteiger partial charge in [-0.05, 0) is 44.7 Å². The number of anilines is 1. The number of nitrogens with zero attached hydrogens (tertiary/aromatic N) is 1. The van der Waals surface area contributed by atoms with Crippen molar-refractivity contribution in [2.75, 3.05) is 4.90 Å². The van der Waals surface area contributed by atoms with Crippen LogP contribution in [0.25, 0.3) is 0 Å². The molecule has 1 saturated carbocycles. The third kappa shape index (κ3) is 3.00. The SMILES string of the molecule is Cc1ccc(N2C(=O)CC([NH2+]C3CCCCC3)C2=O)cc1. The van der Waals surface area contributed by atoms with Crippen molar-refractivity contribution in [3.8, 4) is 0 Å². The molecule has 1 aromatic carbocycles. The van der Waals surface area contributed by atoms with E-state index in [1.54, 1.807) is 0 Å². The lowest BCUT2D eigenvalue weighted by Crippen LogP contribution is -2.96. The molecule has 4 nitrogen and oxygen atoms in total. The van der Waals surface area contributed by atoms with Crippen molar-refractivity contribution in [2.45, 2.75) is 57.5 Å². The van der Waals surface area contributed by atoms with E-state index in [0.717, 1.165) is 5.56 Å². The number of benzene rings is 1. The zero-order valence-electron chi connectivity index (χ0n) is 12.5. The monoisotopic (exact) mass is 287 g/mol. The van der Waals surface area contributed by atoms with Gasteiger partial charge in [0.25, 0.3) is 5.91 Å². The van der Waals surface area contributed by atoms with E-state index in [0.29, 0.717) is 18.2 Å². The van der Waals surface area contributed by atoms with E-state index in [9.17, 15) is 9.59 Å². The van der Waals surface area contributed by atoms with E-state index >= 15 is 0 Å². The lowest BCUT2D eigenvalue weighted by Gasteiger charge is -2.22. The highest BCUT2D eigenvalue weighted by Crippen LogP contribution is 2.22. The van der Waals surface area contributed by atoms with Crippen LogP contribution in [0, 0.1) is 6.92 Å². The number of carbonyl (C=O) groups excluding carboxylic acids is 2. The molecule has 0 bridgehead atoms. The van der Waals surface area contributed by atoms with Crippen LogP contribution in [0.15, 0.2) is 24.3 Å². The number of hydrogen-bond donors (Lipinski definition) is 1. The number of hydrogen-bond acceptors (Lipinski definition) is 2. The first-order chi connectivity index (χ1) is 10.1. The minimum atomic E-state index is -0.220. The molecular formula is C17H23N2O2+. The van der Waals surface area contributed by atoms with Crippen molar-refractivity contribution in [3.05, 3.63) is 29.8 Å². The Kier molecular flexibility index (Phi) is 4.06. The summed E-state index contributed by atoms with van der Waals surface area (Å²) in [6, 6.07) is 7.88. The van der Waals surface area contributed by atoms with Crippen LogP contribution in [0.2, 0.25) is 0 Å². The van der Waals surface area contributed by atoms with Crippen molar-refractivity contribution in [3.63, 3.8) is 0 Å². The van der Waals surface area contributed by atoms with Crippen molar-refractivity contribution in [1.82, 2.24) is 0 Å². The molecule has 1 heterocycles. The molecular weight excluding hydrogens is 264 g/mol. The highest BCUT2D eigenvalue weighted by molar-refractivity contribution is 6.21. The average Bonchev–Trinajstić information content (AvgIpc) is 2.76. The number of carbonyl (C=O) groups is 2. The van der Waals surface area contributed by atoms with Crippen LogP contribution in [0.1, 0.15) is 44.1 Å². The van der Waals surface area contributed by atoms with Gasteiger partial charge in [0.15, 0.2) is 6.04 Å². The molecule has 3 rings (SSSR count). The van der Waals surface area contributed by atoms with E-state index in [1.807, 2.05) is 31.2 Å². The first kappa shape index (κ1) is 14.3. The second kappa shape index (κ2) is 5.98. The predicted octanol–water partition coefficient (Wildman–Crippen LogP) is 1.52. The number of aryl methyl sites for hydroxylation is 1. The minimum Gasteiger partial charge on any atom is -0.333 e. The fourth-order valence-corrected chi connectivity index (χ4v) is 3.43. The quantitative estimate of drug-likeness (QED) is 0.857. The highest BCUT2D eigenvalue weighted by Gasteiger charge is 2.43. The molecule has 0 spiro atoms. The van der Waals surface area contributed by atoms with E-state index in [-0.39, 0.29) is 17.9 Å². The molecule has 1 unspecified atom stereocenters. The summed E-state index contributed by atoms with van der Waals surface area (Å²) in [5, 5.41) is 2.15. The lowest BCUT2D eigenvalue weighted by molar-refractivity contribution is -0.710. The number of amides is 2. The summed E-state index contributed by atoms with van der Waals surface area (Å²) in [7, 11) is 0. The summed E-state index contributed by atoms with van der Waals surface area (Å²) < 4.78 is 0. The Morgan fingerprint density at radius 1 is 1.05 bits per heavy atom. The molecule has 2 amide bonds. The summed E-state index contributed by atoms with van der Waals surface area (Å²) >= 11 is 0. The van der Waals surface area contributed by atoms with Gasteiger partial charge in [-0.2, -0.15) is 0 Å². The maximum Gasteiger partial charge on any atom is 0.292 e. The molecule has 1 atom stereocenters. The summed E-state index contributed by atoms with van der Waals surface area (Å²) in [5.74, 6) is -0.115. The van der Waals surface area contributed by atoms with E-state index in [4.69, 9.17) is 0 Å².